The molecule has 1 aliphatic heterocycles. The molecule has 1 heterocycles. The zero-order chi connectivity index (χ0) is 18.6. The van der Waals surface area contributed by atoms with Gasteiger partial charge in [-0.25, -0.2) is 0 Å². The number of carbonyl (C=O) groups excluding carboxylic acids is 1. The lowest BCUT2D eigenvalue weighted by Gasteiger charge is -2.25. The molecule has 4 nitrogen and oxygen atoms in total. The van der Waals surface area contributed by atoms with Gasteiger partial charge in [0, 0.05) is 16.9 Å². The number of hydrogen-bond acceptors (Lipinski definition) is 4. The van der Waals surface area contributed by atoms with Gasteiger partial charge in [0.2, 0.25) is 0 Å². The van der Waals surface area contributed by atoms with Crippen molar-refractivity contribution in [1.82, 2.24) is 9.84 Å². The Morgan fingerprint density at radius 1 is 1.32 bits per heavy atom. The summed E-state index contributed by atoms with van der Waals surface area (Å²) in [6.07, 6.45) is 9.70. The fraction of sp³-hybridized carbons (Fsp3) is 0.211. The summed E-state index contributed by atoms with van der Waals surface area (Å²) in [6, 6.07) is 7.46. The molecule has 0 radical (unpaired) electrons. The molecular formula is C19H24N2O2S2. The van der Waals surface area contributed by atoms with Crippen LogP contribution in [0, 0.1) is 0 Å². The summed E-state index contributed by atoms with van der Waals surface area (Å²) in [6.45, 7) is 5.75. The first kappa shape index (κ1) is 19.4. The summed E-state index contributed by atoms with van der Waals surface area (Å²) in [5.74, 6) is 0.585. The minimum atomic E-state index is -1.30. The lowest BCUT2D eigenvalue weighted by molar-refractivity contribution is -0.126. The normalized spacial score (nSPS) is 25.4. The van der Waals surface area contributed by atoms with Gasteiger partial charge in [-0.2, -0.15) is 4.83 Å². The number of hydrazine groups is 1. The summed E-state index contributed by atoms with van der Waals surface area (Å²) in [5, 5.41) is 1.51. The maximum absolute atomic E-state index is 12.6. The fourth-order valence-electron chi connectivity index (χ4n) is 2.54. The molecule has 0 aliphatic carbocycles. The molecule has 0 spiro atoms. The number of carbonyl (C=O) groups is 1. The monoisotopic (exact) mass is 376 g/mol. The smallest absolute Gasteiger partial charge is 0.274 e. The summed E-state index contributed by atoms with van der Waals surface area (Å²) in [7, 11) is 2.04. The Kier molecular flexibility index (Phi) is 6.21. The Balaban J connectivity index is 2.10. The second-order valence-corrected chi connectivity index (χ2v) is 8.98. The molecule has 0 saturated carbocycles. The number of hydrogen-bond donors (Lipinski definition) is 2. The highest BCUT2D eigenvalue weighted by atomic mass is 32.3. The van der Waals surface area contributed by atoms with E-state index in [0.29, 0.717) is 4.91 Å². The van der Waals surface area contributed by atoms with Gasteiger partial charge in [0.05, 0.1) is 12.0 Å². The molecule has 1 atom stereocenters. The number of rotatable bonds is 6. The zero-order valence-corrected chi connectivity index (χ0v) is 16.7. The number of benzene rings is 1. The van der Waals surface area contributed by atoms with Crippen LogP contribution in [0.25, 0.3) is 6.08 Å². The van der Waals surface area contributed by atoms with Crippen LogP contribution in [0.15, 0.2) is 63.8 Å². The summed E-state index contributed by atoms with van der Waals surface area (Å²) in [5.41, 5.74) is 0.888. The van der Waals surface area contributed by atoms with Crippen molar-refractivity contribution in [3.8, 4) is 5.75 Å². The van der Waals surface area contributed by atoms with Crippen molar-refractivity contribution in [3.05, 3.63) is 69.4 Å². The molecule has 6 heteroatoms. The van der Waals surface area contributed by atoms with Crippen LogP contribution in [-0.2, 0) is 4.79 Å². The maximum Gasteiger partial charge on any atom is 0.274 e. The lowest BCUT2D eigenvalue weighted by atomic mass is 10.2. The van der Waals surface area contributed by atoms with Gasteiger partial charge in [-0.3, -0.25) is 9.80 Å². The highest BCUT2D eigenvalue weighted by molar-refractivity contribution is 8.45. The number of likely N-dealkylation sites (N-methyl/N-ethyl adjacent to an activating group) is 1. The third kappa shape index (κ3) is 4.21. The summed E-state index contributed by atoms with van der Waals surface area (Å²) in [4.78, 5) is 18.7. The van der Waals surface area contributed by atoms with Crippen LogP contribution in [0.5, 0.6) is 5.75 Å². The van der Waals surface area contributed by atoms with Crippen LogP contribution < -0.4 is 9.57 Å². The first-order valence-corrected chi connectivity index (χ1v) is 10.2. The Hall–Kier alpha value is -1.89. The van der Waals surface area contributed by atoms with Crippen molar-refractivity contribution in [1.29, 1.82) is 0 Å². The van der Waals surface area contributed by atoms with Crippen molar-refractivity contribution in [2.75, 3.05) is 20.4 Å². The largest absolute Gasteiger partial charge is 0.497 e. The predicted octanol–water partition coefficient (Wildman–Crippen LogP) is 4.27. The summed E-state index contributed by atoms with van der Waals surface area (Å²) < 4.78 is 5.13. The molecule has 1 amide bonds. The number of allylic oxidation sites excluding steroid dienone is 3. The predicted molar refractivity (Wildman–Crippen MR) is 111 cm³/mol. The average molecular weight is 377 g/mol. The van der Waals surface area contributed by atoms with E-state index < -0.39 is 10.2 Å². The molecule has 1 N–H and O–H groups in total. The fourth-order valence-corrected chi connectivity index (χ4v) is 5.73. The number of methoxy groups -OCH3 is 1. The Labute approximate surface area is 156 Å². The topological polar surface area (TPSA) is 41.6 Å². The van der Waals surface area contributed by atoms with Gasteiger partial charge in [-0.05, 0) is 43.0 Å². The van der Waals surface area contributed by atoms with Crippen molar-refractivity contribution in [2.45, 2.75) is 6.92 Å². The minimum absolute atomic E-state index is 0.187. The molecule has 1 aliphatic rings. The van der Waals surface area contributed by atoms with Gasteiger partial charge in [-0.1, -0.05) is 30.9 Å². The second kappa shape index (κ2) is 7.99. The standard InChI is InChI=1S/C19H24N2O2S2/c1-6-8-18-17(7-2)25(18,5)20-21(3)19(22)16(24)13-14-9-11-15(23-4)12-10-14/h6-13,20,24H,1H2,2-5H3/b16-13+,17-7+,18-8+. The molecule has 1 aromatic carbocycles. The van der Waals surface area contributed by atoms with E-state index in [4.69, 9.17) is 4.74 Å². The van der Waals surface area contributed by atoms with E-state index in [-0.39, 0.29) is 5.91 Å². The zero-order valence-electron chi connectivity index (χ0n) is 14.9. The molecule has 134 valence electrons. The quantitative estimate of drug-likeness (QED) is 0.337. The summed E-state index contributed by atoms with van der Waals surface area (Å²) >= 11 is 4.37. The third-order valence-electron chi connectivity index (χ3n) is 3.87. The number of thiol groups is 1. The van der Waals surface area contributed by atoms with Crippen molar-refractivity contribution in [2.24, 2.45) is 0 Å². The highest BCUT2D eigenvalue weighted by Crippen LogP contribution is 2.77. The molecule has 1 fully saturated rings. The molecule has 25 heavy (non-hydrogen) atoms. The van der Waals surface area contributed by atoms with Crippen LogP contribution in [0.4, 0.5) is 0 Å². The third-order valence-corrected chi connectivity index (χ3v) is 7.20. The number of ether oxygens (including phenoxy) is 1. The number of nitrogens with zero attached hydrogens (tertiary/aromatic N) is 1. The molecule has 0 bridgehead atoms. The van der Waals surface area contributed by atoms with E-state index in [1.54, 1.807) is 26.3 Å². The van der Waals surface area contributed by atoms with E-state index in [2.05, 4.69) is 36.4 Å². The van der Waals surface area contributed by atoms with Crippen LogP contribution in [-0.4, -0.2) is 31.3 Å². The van der Waals surface area contributed by atoms with Gasteiger partial charge in [0.15, 0.2) is 0 Å². The van der Waals surface area contributed by atoms with E-state index in [0.717, 1.165) is 11.3 Å². The van der Waals surface area contributed by atoms with Crippen LogP contribution >= 0.6 is 22.8 Å². The van der Waals surface area contributed by atoms with Gasteiger partial charge >= 0.3 is 0 Å². The minimum Gasteiger partial charge on any atom is -0.497 e. The first-order chi connectivity index (χ1) is 11.9. The average Bonchev–Trinajstić information content (AvgIpc) is 3.16. The van der Waals surface area contributed by atoms with Gasteiger partial charge < -0.3 is 4.74 Å². The van der Waals surface area contributed by atoms with Crippen molar-refractivity contribution < 1.29 is 9.53 Å². The van der Waals surface area contributed by atoms with E-state index in [9.17, 15) is 4.79 Å². The van der Waals surface area contributed by atoms with Gasteiger partial charge in [-0.15, -0.1) is 22.8 Å². The first-order valence-electron chi connectivity index (χ1n) is 7.75. The highest BCUT2D eigenvalue weighted by Gasteiger charge is 2.46. The van der Waals surface area contributed by atoms with Crippen LogP contribution in [0.1, 0.15) is 12.5 Å². The van der Waals surface area contributed by atoms with E-state index in [1.165, 1.54) is 14.8 Å². The van der Waals surface area contributed by atoms with Crippen molar-refractivity contribution in [3.63, 3.8) is 0 Å². The van der Waals surface area contributed by atoms with Gasteiger partial charge in [0.1, 0.15) is 5.75 Å². The van der Waals surface area contributed by atoms with Gasteiger partial charge in [0.25, 0.3) is 5.91 Å². The van der Waals surface area contributed by atoms with Crippen LogP contribution in [0.3, 0.4) is 0 Å². The van der Waals surface area contributed by atoms with E-state index in [1.807, 2.05) is 37.3 Å². The van der Waals surface area contributed by atoms with Crippen LogP contribution in [0.2, 0.25) is 0 Å². The van der Waals surface area contributed by atoms with E-state index >= 15 is 0 Å². The maximum atomic E-state index is 12.6. The molecule has 1 aromatic rings. The molecule has 2 rings (SSSR count). The number of amides is 1. The van der Waals surface area contributed by atoms with Crippen molar-refractivity contribution >= 4 is 34.8 Å². The second-order valence-electron chi connectivity index (χ2n) is 5.60. The molecule has 1 unspecified atom stereocenters. The lowest BCUT2D eigenvalue weighted by Crippen LogP contribution is -2.38. The Morgan fingerprint density at radius 2 is 1.96 bits per heavy atom. The number of nitrogens with one attached hydrogen (secondary N) is 1. The molecule has 1 saturated heterocycles. The SMILES string of the molecule is C=C/C=C1\C(=C/C)S1(C)NN(C)C(=O)/C(S)=C\c1ccc(OC)cc1. The molecular weight excluding hydrogens is 352 g/mol. The Bertz CT molecular complexity index is 766. The Morgan fingerprint density at radius 3 is 2.48 bits per heavy atom. The molecule has 0 aromatic heterocycles.